The number of hydrogen-bond donors (Lipinski definition) is 1. The zero-order valence-electron chi connectivity index (χ0n) is 16.9. The van der Waals surface area contributed by atoms with Crippen molar-refractivity contribution in [1.29, 1.82) is 0 Å². The molecule has 2 aliphatic heterocycles. The first-order valence-electron chi connectivity index (χ1n) is 10.5. The highest BCUT2D eigenvalue weighted by atomic mass is 16.2. The molecular weight excluding hydrogens is 338 g/mol. The van der Waals surface area contributed by atoms with Gasteiger partial charge in [-0.1, -0.05) is 19.9 Å². The summed E-state index contributed by atoms with van der Waals surface area (Å²) in [7, 11) is 0. The predicted molar refractivity (Wildman–Crippen MR) is 110 cm³/mol. The number of carbonyl (C=O) groups is 1. The molecular formula is C21H35N5O. The van der Waals surface area contributed by atoms with Gasteiger partial charge in [0.2, 0.25) is 5.91 Å². The fourth-order valence-corrected chi connectivity index (χ4v) is 4.09. The van der Waals surface area contributed by atoms with Gasteiger partial charge in [0, 0.05) is 52.0 Å². The van der Waals surface area contributed by atoms with Gasteiger partial charge >= 0.3 is 0 Å². The van der Waals surface area contributed by atoms with Crippen LogP contribution in [0.5, 0.6) is 0 Å². The summed E-state index contributed by atoms with van der Waals surface area (Å²) < 4.78 is 0. The molecule has 0 bridgehead atoms. The van der Waals surface area contributed by atoms with Crippen molar-refractivity contribution in [2.45, 2.75) is 26.7 Å². The highest BCUT2D eigenvalue weighted by molar-refractivity contribution is 5.78. The lowest BCUT2D eigenvalue weighted by Gasteiger charge is -2.39. The number of nitrogens with one attached hydrogen (secondary N) is 1. The van der Waals surface area contributed by atoms with E-state index in [1.807, 2.05) is 12.3 Å². The summed E-state index contributed by atoms with van der Waals surface area (Å²) >= 11 is 0. The zero-order valence-corrected chi connectivity index (χ0v) is 16.9. The molecule has 1 amide bonds. The Bertz CT molecular complexity index is 571. The Labute approximate surface area is 163 Å². The Kier molecular flexibility index (Phi) is 7.47. The largest absolute Gasteiger partial charge is 0.355 e. The third-order valence-electron chi connectivity index (χ3n) is 5.54. The van der Waals surface area contributed by atoms with Crippen molar-refractivity contribution in [3.63, 3.8) is 0 Å². The Morgan fingerprint density at radius 2 is 2.00 bits per heavy atom. The molecule has 3 heterocycles. The van der Waals surface area contributed by atoms with Crippen LogP contribution in [0.15, 0.2) is 24.4 Å². The van der Waals surface area contributed by atoms with Crippen molar-refractivity contribution in [2.75, 3.05) is 63.8 Å². The number of likely N-dealkylation sites (tertiary alicyclic amines) is 1. The van der Waals surface area contributed by atoms with Crippen LogP contribution < -0.4 is 10.2 Å². The molecule has 1 aromatic rings. The van der Waals surface area contributed by atoms with E-state index in [4.69, 9.17) is 0 Å². The summed E-state index contributed by atoms with van der Waals surface area (Å²) in [4.78, 5) is 23.9. The van der Waals surface area contributed by atoms with Gasteiger partial charge in [0.05, 0.1) is 6.54 Å². The number of nitrogens with zero attached hydrogens (tertiary/aromatic N) is 4. The Hall–Kier alpha value is -1.66. The average molecular weight is 374 g/mol. The second kappa shape index (κ2) is 10.0. The maximum atomic E-state index is 12.1. The van der Waals surface area contributed by atoms with Crippen molar-refractivity contribution < 1.29 is 4.79 Å². The van der Waals surface area contributed by atoms with E-state index < -0.39 is 0 Å². The van der Waals surface area contributed by atoms with Crippen LogP contribution in [0.3, 0.4) is 0 Å². The molecule has 0 saturated carbocycles. The van der Waals surface area contributed by atoms with Crippen LogP contribution in [0.2, 0.25) is 0 Å². The summed E-state index contributed by atoms with van der Waals surface area (Å²) in [6.07, 6.45) is 4.36. The van der Waals surface area contributed by atoms with Gasteiger partial charge in [0.25, 0.3) is 0 Å². The van der Waals surface area contributed by atoms with Crippen molar-refractivity contribution >= 4 is 11.7 Å². The third-order valence-corrected chi connectivity index (χ3v) is 5.54. The first-order valence-corrected chi connectivity index (χ1v) is 10.5. The SMILES string of the molecule is CC(C)CNC(=O)CN1CCC[C@H](CN2CCN(c3ccccn3)CC2)C1. The average Bonchev–Trinajstić information content (AvgIpc) is 2.68. The van der Waals surface area contributed by atoms with Gasteiger partial charge < -0.3 is 10.2 Å². The van der Waals surface area contributed by atoms with E-state index in [0.29, 0.717) is 18.4 Å². The van der Waals surface area contributed by atoms with Crippen LogP contribution in [-0.4, -0.2) is 79.6 Å². The minimum absolute atomic E-state index is 0.174. The lowest BCUT2D eigenvalue weighted by molar-refractivity contribution is -0.122. The first kappa shape index (κ1) is 20.1. The molecule has 1 atom stereocenters. The van der Waals surface area contributed by atoms with Gasteiger partial charge in [-0.25, -0.2) is 4.98 Å². The summed E-state index contributed by atoms with van der Waals surface area (Å²) in [5.74, 6) is 2.45. The monoisotopic (exact) mass is 373 g/mol. The van der Waals surface area contributed by atoms with Crippen molar-refractivity contribution in [1.82, 2.24) is 20.1 Å². The Morgan fingerprint density at radius 3 is 2.70 bits per heavy atom. The molecule has 2 saturated heterocycles. The molecule has 2 aliphatic rings. The van der Waals surface area contributed by atoms with Gasteiger partial charge in [-0.3, -0.25) is 14.6 Å². The predicted octanol–water partition coefficient (Wildman–Crippen LogP) is 1.69. The van der Waals surface area contributed by atoms with E-state index in [2.05, 4.69) is 51.0 Å². The lowest BCUT2D eigenvalue weighted by atomic mass is 9.97. The highest BCUT2D eigenvalue weighted by Crippen LogP contribution is 2.19. The van der Waals surface area contributed by atoms with E-state index in [9.17, 15) is 4.79 Å². The Balaban J connectivity index is 1.39. The normalized spacial score (nSPS) is 22.2. The van der Waals surface area contributed by atoms with Crippen LogP contribution in [0, 0.1) is 11.8 Å². The fraction of sp³-hybridized carbons (Fsp3) is 0.714. The molecule has 27 heavy (non-hydrogen) atoms. The molecule has 1 N–H and O–H groups in total. The number of anilines is 1. The molecule has 0 radical (unpaired) electrons. The second-order valence-corrected chi connectivity index (χ2v) is 8.42. The number of hydrogen-bond acceptors (Lipinski definition) is 5. The number of piperidine rings is 1. The second-order valence-electron chi connectivity index (χ2n) is 8.42. The number of piperazine rings is 1. The van der Waals surface area contributed by atoms with Crippen LogP contribution in [-0.2, 0) is 4.79 Å². The molecule has 0 spiro atoms. The molecule has 1 aromatic heterocycles. The number of aromatic nitrogens is 1. The molecule has 3 rings (SSSR count). The minimum atomic E-state index is 0.174. The number of carbonyl (C=O) groups excluding carboxylic acids is 1. The van der Waals surface area contributed by atoms with Crippen molar-refractivity contribution in [3.05, 3.63) is 24.4 Å². The number of amides is 1. The smallest absolute Gasteiger partial charge is 0.234 e. The summed E-state index contributed by atoms with van der Waals surface area (Å²) in [5, 5.41) is 3.04. The molecule has 6 heteroatoms. The van der Waals surface area contributed by atoms with Gasteiger partial charge in [-0.15, -0.1) is 0 Å². The lowest BCUT2D eigenvalue weighted by Crippen LogP contribution is -2.50. The van der Waals surface area contributed by atoms with Crippen LogP contribution in [0.4, 0.5) is 5.82 Å². The molecule has 2 fully saturated rings. The maximum absolute atomic E-state index is 12.1. The molecule has 0 aromatic carbocycles. The van der Waals surface area contributed by atoms with E-state index in [-0.39, 0.29) is 5.91 Å². The van der Waals surface area contributed by atoms with Crippen molar-refractivity contribution in [2.24, 2.45) is 11.8 Å². The minimum Gasteiger partial charge on any atom is -0.355 e. The standard InChI is InChI=1S/C21H35N5O/c1-18(2)14-23-21(27)17-25-9-5-6-19(16-25)15-24-10-12-26(13-11-24)20-7-3-4-8-22-20/h3-4,7-8,18-19H,5-6,9-17H2,1-2H3,(H,23,27)/t19-/m1/s1. The third kappa shape index (κ3) is 6.47. The quantitative estimate of drug-likeness (QED) is 0.788. The maximum Gasteiger partial charge on any atom is 0.234 e. The van der Waals surface area contributed by atoms with E-state index in [0.717, 1.165) is 58.2 Å². The summed E-state index contributed by atoms with van der Waals surface area (Å²) in [6.45, 7) is 13.1. The number of rotatable bonds is 7. The van der Waals surface area contributed by atoms with Crippen molar-refractivity contribution in [3.8, 4) is 0 Å². The summed E-state index contributed by atoms with van der Waals surface area (Å²) in [6, 6.07) is 6.12. The molecule has 0 aliphatic carbocycles. The molecule has 6 nitrogen and oxygen atoms in total. The summed E-state index contributed by atoms with van der Waals surface area (Å²) in [5.41, 5.74) is 0. The first-order chi connectivity index (χ1) is 13.1. The van der Waals surface area contributed by atoms with Crippen LogP contribution in [0.25, 0.3) is 0 Å². The van der Waals surface area contributed by atoms with Crippen LogP contribution in [0.1, 0.15) is 26.7 Å². The van der Waals surface area contributed by atoms with Gasteiger partial charge in [-0.2, -0.15) is 0 Å². The molecule has 150 valence electrons. The highest BCUT2D eigenvalue weighted by Gasteiger charge is 2.25. The Morgan fingerprint density at radius 1 is 1.19 bits per heavy atom. The van der Waals surface area contributed by atoms with Crippen LogP contribution >= 0.6 is 0 Å². The number of pyridine rings is 1. The molecule has 0 unspecified atom stereocenters. The topological polar surface area (TPSA) is 51.7 Å². The van der Waals surface area contributed by atoms with Gasteiger partial charge in [0.15, 0.2) is 0 Å². The van der Waals surface area contributed by atoms with E-state index in [1.54, 1.807) is 0 Å². The van der Waals surface area contributed by atoms with E-state index >= 15 is 0 Å². The van der Waals surface area contributed by atoms with Gasteiger partial charge in [-0.05, 0) is 43.4 Å². The fourth-order valence-electron chi connectivity index (χ4n) is 4.09. The van der Waals surface area contributed by atoms with Gasteiger partial charge in [0.1, 0.15) is 5.82 Å². The van der Waals surface area contributed by atoms with E-state index in [1.165, 1.54) is 12.8 Å². The zero-order chi connectivity index (χ0) is 19.1.